The Kier molecular flexibility index (Phi) is 5.04. The van der Waals surface area contributed by atoms with Crippen molar-refractivity contribution >= 4 is 11.0 Å². The van der Waals surface area contributed by atoms with Crippen molar-refractivity contribution in [2.75, 3.05) is 6.54 Å². The van der Waals surface area contributed by atoms with Gasteiger partial charge in [0.15, 0.2) is 0 Å². The van der Waals surface area contributed by atoms with Gasteiger partial charge in [0.1, 0.15) is 5.82 Å². The lowest BCUT2D eigenvalue weighted by Crippen LogP contribution is -2.32. The molecule has 1 atom stereocenters. The van der Waals surface area contributed by atoms with E-state index in [0.717, 1.165) is 31.4 Å². The van der Waals surface area contributed by atoms with Crippen molar-refractivity contribution in [3.05, 3.63) is 30.1 Å². The van der Waals surface area contributed by atoms with Crippen molar-refractivity contribution in [1.29, 1.82) is 0 Å². The molecule has 0 fully saturated rings. The van der Waals surface area contributed by atoms with Gasteiger partial charge in [-0.3, -0.25) is 0 Å². The fourth-order valence-electron chi connectivity index (χ4n) is 3.36. The molecule has 1 unspecified atom stereocenters. The topological polar surface area (TPSA) is 29.9 Å². The summed E-state index contributed by atoms with van der Waals surface area (Å²) in [5.74, 6) is 1.22. The minimum Gasteiger partial charge on any atom is -0.328 e. The maximum Gasteiger partial charge on any atom is 0.110 e. The van der Waals surface area contributed by atoms with Gasteiger partial charge in [-0.2, -0.15) is 0 Å². The standard InChI is InChI=1S/C18H29N3/c1-6-19-14(3)12-18(4,5)13-17-20-15-10-8-9-11-16(15)21(17)7-2/h8-11,14,19H,6-7,12-13H2,1-5H3. The van der Waals surface area contributed by atoms with Gasteiger partial charge in [-0.25, -0.2) is 4.98 Å². The zero-order valence-corrected chi connectivity index (χ0v) is 14.1. The second-order valence-corrected chi connectivity index (χ2v) is 6.76. The smallest absolute Gasteiger partial charge is 0.110 e. The summed E-state index contributed by atoms with van der Waals surface area (Å²) in [5, 5.41) is 3.52. The number of nitrogens with one attached hydrogen (secondary N) is 1. The summed E-state index contributed by atoms with van der Waals surface area (Å²) >= 11 is 0. The van der Waals surface area contributed by atoms with E-state index in [1.807, 2.05) is 0 Å². The summed E-state index contributed by atoms with van der Waals surface area (Å²) in [7, 11) is 0. The minimum atomic E-state index is 0.246. The molecule has 0 aliphatic heterocycles. The Bertz CT molecular complexity index is 583. The van der Waals surface area contributed by atoms with Crippen LogP contribution in [0.4, 0.5) is 0 Å². The van der Waals surface area contributed by atoms with Crippen LogP contribution in [0, 0.1) is 5.41 Å². The summed E-state index contributed by atoms with van der Waals surface area (Å²) in [4.78, 5) is 4.86. The van der Waals surface area contributed by atoms with Crippen LogP contribution in [0.3, 0.4) is 0 Å². The van der Waals surface area contributed by atoms with Gasteiger partial charge in [-0.1, -0.05) is 32.9 Å². The van der Waals surface area contributed by atoms with E-state index < -0.39 is 0 Å². The molecule has 1 aromatic heterocycles. The number of hydrogen-bond acceptors (Lipinski definition) is 2. The van der Waals surface area contributed by atoms with E-state index in [1.165, 1.54) is 11.3 Å². The molecule has 0 saturated carbocycles. The Balaban J connectivity index is 2.22. The lowest BCUT2D eigenvalue weighted by molar-refractivity contribution is 0.281. The van der Waals surface area contributed by atoms with Crippen LogP contribution in [0.2, 0.25) is 0 Å². The van der Waals surface area contributed by atoms with E-state index in [4.69, 9.17) is 4.98 Å². The Hall–Kier alpha value is -1.35. The van der Waals surface area contributed by atoms with Gasteiger partial charge in [0.25, 0.3) is 0 Å². The fraction of sp³-hybridized carbons (Fsp3) is 0.611. The number of aromatic nitrogens is 2. The molecule has 0 radical (unpaired) electrons. The molecule has 1 N–H and O–H groups in total. The van der Waals surface area contributed by atoms with Gasteiger partial charge in [0.2, 0.25) is 0 Å². The molecule has 21 heavy (non-hydrogen) atoms. The quantitative estimate of drug-likeness (QED) is 0.833. The van der Waals surface area contributed by atoms with E-state index >= 15 is 0 Å². The fourth-order valence-corrected chi connectivity index (χ4v) is 3.36. The number of aryl methyl sites for hydroxylation is 1. The highest BCUT2D eigenvalue weighted by Gasteiger charge is 2.24. The van der Waals surface area contributed by atoms with E-state index in [2.05, 4.69) is 68.8 Å². The molecule has 2 rings (SSSR count). The summed E-state index contributed by atoms with van der Waals surface area (Å²) in [6.07, 6.45) is 2.18. The largest absolute Gasteiger partial charge is 0.328 e. The first-order valence-corrected chi connectivity index (χ1v) is 8.14. The van der Waals surface area contributed by atoms with Gasteiger partial charge < -0.3 is 9.88 Å². The highest BCUT2D eigenvalue weighted by Crippen LogP contribution is 2.29. The molecule has 3 nitrogen and oxygen atoms in total. The lowest BCUT2D eigenvalue weighted by atomic mass is 9.82. The number of imidazole rings is 1. The van der Waals surface area contributed by atoms with Crippen molar-refractivity contribution in [2.45, 2.75) is 60.0 Å². The zero-order chi connectivity index (χ0) is 15.5. The third-order valence-corrected chi connectivity index (χ3v) is 4.10. The third kappa shape index (κ3) is 3.85. The van der Waals surface area contributed by atoms with Crippen LogP contribution >= 0.6 is 0 Å². The van der Waals surface area contributed by atoms with Crippen molar-refractivity contribution in [1.82, 2.24) is 14.9 Å². The highest BCUT2D eigenvalue weighted by molar-refractivity contribution is 5.75. The molecular weight excluding hydrogens is 258 g/mol. The zero-order valence-electron chi connectivity index (χ0n) is 14.1. The monoisotopic (exact) mass is 287 g/mol. The number of rotatable bonds is 7. The van der Waals surface area contributed by atoms with E-state index in [-0.39, 0.29) is 5.41 Å². The number of nitrogens with zero attached hydrogens (tertiary/aromatic N) is 2. The minimum absolute atomic E-state index is 0.246. The van der Waals surface area contributed by atoms with Crippen LogP contribution in [-0.4, -0.2) is 22.1 Å². The Labute approximate surface area is 128 Å². The van der Waals surface area contributed by atoms with Crippen LogP contribution in [0.15, 0.2) is 24.3 Å². The molecule has 0 amide bonds. The second kappa shape index (κ2) is 6.61. The maximum atomic E-state index is 4.86. The molecular formula is C18H29N3. The van der Waals surface area contributed by atoms with Crippen LogP contribution in [0.1, 0.15) is 46.9 Å². The molecule has 0 aliphatic rings. The van der Waals surface area contributed by atoms with E-state index in [0.29, 0.717) is 6.04 Å². The van der Waals surface area contributed by atoms with Crippen LogP contribution in [0.5, 0.6) is 0 Å². The molecule has 1 aromatic carbocycles. The summed E-state index contributed by atoms with van der Waals surface area (Å²) in [6, 6.07) is 8.99. The number of fused-ring (bicyclic) bond motifs is 1. The summed E-state index contributed by atoms with van der Waals surface area (Å²) in [6.45, 7) is 13.3. The summed E-state index contributed by atoms with van der Waals surface area (Å²) < 4.78 is 2.36. The van der Waals surface area contributed by atoms with Crippen LogP contribution < -0.4 is 5.32 Å². The molecule has 0 aliphatic carbocycles. The molecule has 2 aromatic rings. The Morgan fingerprint density at radius 1 is 1.24 bits per heavy atom. The Morgan fingerprint density at radius 3 is 2.62 bits per heavy atom. The predicted molar refractivity (Wildman–Crippen MR) is 90.6 cm³/mol. The molecule has 0 saturated heterocycles. The van der Waals surface area contributed by atoms with Crippen molar-refractivity contribution in [3.8, 4) is 0 Å². The van der Waals surface area contributed by atoms with Gasteiger partial charge in [0.05, 0.1) is 11.0 Å². The maximum absolute atomic E-state index is 4.86. The normalized spacial score (nSPS) is 13.8. The van der Waals surface area contributed by atoms with Crippen LogP contribution in [0.25, 0.3) is 11.0 Å². The van der Waals surface area contributed by atoms with Crippen molar-refractivity contribution in [3.63, 3.8) is 0 Å². The van der Waals surface area contributed by atoms with E-state index in [9.17, 15) is 0 Å². The Morgan fingerprint density at radius 2 is 1.95 bits per heavy atom. The van der Waals surface area contributed by atoms with Crippen molar-refractivity contribution in [2.24, 2.45) is 5.41 Å². The molecule has 116 valence electrons. The first-order valence-electron chi connectivity index (χ1n) is 8.14. The SMILES string of the molecule is CCNC(C)CC(C)(C)Cc1nc2ccccc2n1CC. The van der Waals surface area contributed by atoms with Gasteiger partial charge in [0, 0.05) is 19.0 Å². The van der Waals surface area contributed by atoms with Crippen molar-refractivity contribution < 1.29 is 0 Å². The predicted octanol–water partition coefficient (Wildman–Crippen LogP) is 4.01. The molecule has 1 heterocycles. The van der Waals surface area contributed by atoms with E-state index in [1.54, 1.807) is 0 Å². The number of benzene rings is 1. The second-order valence-electron chi connectivity index (χ2n) is 6.76. The van der Waals surface area contributed by atoms with Gasteiger partial charge >= 0.3 is 0 Å². The van der Waals surface area contributed by atoms with Crippen LogP contribution in [-0.2, 0) is 13.0 Å². The van der Waals surface area contributed by atoms with Gasteiger partial charge in [-0.05, 0) is 44.4 Å². The third-order valence-electron chi connectivity index (χ3n) is 4.10. The number of hydrogen-bond donors (Lipinski definition) is 1. The first-order chi connectivity index (χ1) is 9.96. The van der Waals surface area contributed by atoms with Gasteiger partial charge in [-0.15, -0.1) is 0 Å². The molecule has 3 heteroatoms. The average molecular weight is 287 g/mol. The number of para-hydroxylation sites is 2. The first kappa shape index (κ1) is 16.0. The molecule has 0 spiro atoms. The lowest BCUT2D eigenvalue weighted by Gasteiger charge is -2.28. The highest BCUT2D eigenvalue weighted by atomic mass is 15.1. The summed E-state index contributed by atoms with van der Waals surface area (Å²) in [5.41, 5.74) is 2.62. The molecule has 0 bridgehead atoms. The average Bonchev–Trinajstić information content (AvgIpc) is 2.74.